The number of nitrogens with one attached hydrogen (secondary N) is 2. The van der Waals surface area contributed by atoms with Crippen molar-refractivity contribution >= 4 is 23.4 Å². The van der Waals surface area contributed by atoms with Crippen LogP contribution >= 0.6 is 0 Å². The van der Waals surface area contributed by atoms with Gasteiger partial charge in [-0.25, -0.2) is 5.43 Å². The molecular weight excluding hydrogens is 362 g/mol. The first-order valence-electron chi connectivity index (χ1n) is 9.49. The highest BCUT2D eigenvalue weighted by Gasteiger charge is 2.57. The fourth-order valence-corrected chi connectivity index (χ4v) is 4.05. The first-order chi connectivity index (χ1) is 13.6. The van der Waals surface area contributed by atoms with E-state index in [4.69, 9.17) is 4.74 Å². The van der Waals surface area contributed by atoms with Gasteiger partial charge in [-0.3, -0.25) is 19.4 Å². The molecule has 3 amide bonds. The number of hydrogen-bond acceptors (Lipinski definition) is 6. The van der Waals surface area contributed by atoms with Crippen molar-refractivity contribution in [2.24, 2.45) is 16.4 Å². The molecule has 0 unspecified atom stereocenters. The van der Waals surface area contributed by atoms with E-state index in [-0.39, 0.29) is 30.1 Å². The van der Waals surface area contributed by atoms with Gasteiger partial charge in [-0.2, -0.15) is 5.10 Å². The van der Waals surface area contributed by atoms with Gasteiger partial charge in [0.15, 0.2) is 0 Å². The molecule has 3 aliphatic rings. The molecule has 0 aromatic carbocycles. The second-order valence-electron chi connectivity index (χ2n) is 7.47. The van der Waals surface area contributed by atoms with Crippen molar-refractivity contribution in [2.75, 3.05) is 32.8 Å². The molecule has 4 rings (SSSR count). The van der Waals surface area contributed by atoms with Gasteiger partial charge in [0, 0.05) is 56.7 Å². The van der Waals surface area contributed by atoms with Crippen LogP contribution in [0, 0.1) is 11.3 Å². The molecule has 1 aromatic heterocycles. The van der Waals surface area contributed by atoms with E-state index in [9.17, 15) is 14.4 Å². The smallest absolute Gasteiger partial charge is 0.270 e. The van der Waals surface area contributed by atoms with Crippen LogP contribution in [0.3, 0.4) is 0 Å². The van der Waals surface area contributed by atoms with E-state index in [2.05, 4.69) is 20.8 Å². The lowest BCUT2D eigenvalue weighted by Crippen LogP contribution is -2.48. The number of fused-ring (bicyclic) bond motifs is 1. The van der Waals surface area contributed by atoms with Crippen LogP contribution in [0.5, 0.6) is 0 Å². The maximum absolute atomic E-state index is 13.0. The summed E-state index contributed by atoms with van der Waals surface area (Å²) >= 11 is 0. The number of ether oxygens (including phenoxy) is 1. The number of carbonyl (C=O) groups excluding carboxylic acids is 3. The van der Waals surface area contributed by atoms with Crippen LogP contribution < -0.4 is 10.7 Å². The molecule has 2 N–H and O–H groups in total. The van der Waals surface area contributed by atoms with E-state index < -0.39 is 5.41 Å². The summed E-state index contributed by atoms with van der Waals surface area (Å²) in [5.41, 5.74) is 2.89. The van der Waals surface area contributed by atoms with Crippen molar-refractivity contribution in [1.82, 2.24) is 20.6 Å². The predicted octanol–water partition coefficient (Wildman–Crippen LogP) is -0.519. The molecule has 2 fully saturated rings. The third-order valence-electron chi connectivity index (χ3n) is 5.66. The molecule has 9 nitrogen and oxygen atoms in total. The van der Waals surface area contributed by atoms with Crippen LogP contribution in [-0.2, 0) is 25.5 Å². The normalized spacial score (nSPS) is 26.4. The molecule has 0 spiro atoms. The first kappa shape index (κ1) is 18.5. The van der Waals surface area contributed by atoms with Crippen LogP contribution in [0.15, 0.2) is 29.5 Å². The lowest BCUT2D eigenvalue weighted by atomic mass is 9.80. The maximum Gasteiger partial charge on any atom is 0.270 e. The zero-order chi connectivity index (χ0) is 19.6. The second-order valence-corrected chi connectivity index (χ2v) is 7.47. The average molecular weight is 385 g/mol. The van der Waals surface area contributed by atoms with E-state index in [0.29, 0.717) is 51.4 Å². The molecule has 4 heterocycles. The zero-order valence-corrected chi connectivity index (χ0v) is 15.5. The summed E-state index contributed by atoms with van der Waals surface area (Å²) in [6.07, 6.45) is 2.95. The monoisotopic (exact) mass is 385 g/mol. The van der Waals surface area contributed by atoms with E-state index >= 15 is 0 Å². The average Bonchev–Trinajstić information content (AvgIpc) is 3.27. The van der Waals surface area contributed by atoms with E-state index in [0.717, 1.165) is 5.69 Å². The summed E-state index contributed by atoms with van der Waals surface area (Å²) in [5.74, 6) is -0.521. The first-order valence-corrected chi connectivity index (χ1v) is 9.49. The Kier molecular flexibility index (Phi) is 5.08. The SMILES string of the molecule is O=C1CCC(C(=O)N2C[C@H]3COC[C@@]3(C(=O)NCCc3ccccn3)C2)=NN1. The van der Waals surface area contributed by atoms with Crippen molar-refractivity contribution < 1.29 is 19.1 Å². The minimum absolute atomic E-state index is 0.0370. The van der Waals surface area contributed by atoms with Crippen LogP contribution in [-0.4, -0.2) is 66.2 Å². The molecule has 148 valence electrons. The molecule has 2 atom stereocenters. The number of likely N-dealkylation sites (tertiary alicyclic amines) is 1. The van der Waals surface area contributed by atoms with Crippen molar-refractivity contribution in [2.45, 2.75) is 19.3 Å². The molecule has 0 aliphatic carbocycles. The van der Waals surface area contributed by atoms with Gasteiger partial charge in [-0.1, -0.05) is 6.07 Å². The van der Waals surface area contributed by atoms with Crippen LogP contribution in [0.2, 0.25) is 0 Å². The summed E-state index contributed by atoms with van der Waals surface area (Å²) in [4.78, 5) is 42.9. The number of nitrogens with zero attached hydrogens (tertiary/aromatic N) is 3. The molecule has 9 heteroatoms. The number of amides is 3. The highest BCUT2D eigenvalue weighted by Crippen LogP contribution is 2.41. The van der Waals surface area contributed by atoms with Gasteiger partial charge >= 0.3 is 0 Å². The second kappa shape index (κ2) is 7.67. The molecule has 0 saturated carbocycles. The van der Waals surface area contributed by atoms with Gasteiger partial charge < -0.3 is 15.0 Å². The molecule has 2 saturated heterocycles. The summed E-state index contributed by atoms with van der Waals surface area (Å²) < 4.78 is 5.59. The molecule has 0 bridgehead atoms. The Hall–Kier alpha value is -2.81. The third kappa shape index (κ3) is 3.49. The van der Waals surface area contributed by atoms with E-state index in [1.54, 1.807) is 11.1 Å². The number of carbonyl (C=O) groups is 3. The highest BCUT2D eigenvalue weighted by atomic mass is 16.5. The Labute approximate surface area is 162 Å². The molecule has 1 aromatic rings. The van der Waals surface area contributed by atoms with Gasteiger partial charge in [-0.15, -0.1) is 0 Å². The van der Waals surface area contributed by atoms with E-state index in [1.807, 2.05) is 18.2 Å². The summed E-state index contributed by atoms with van der Waals surface area (Å²) in [6, 6.07) is 5.69. The van der Waals surface area contributed by atoms with Crippen molar-refractivity contribution in [3.05, 3.63) is 30.1 Å². The zero-order valence-electron chi connectivity index (χ0n) is 15.5. The number of pyridine rings is 1. The van der Waals surface area contributed by atoms with Gasteiger partial charge in [0.2, 0.25) is 11.8 Å². The minimum atomic E-state index is -0.724. The Morgan fingerprint density at radius 2 is 2.25 bits per heavy atom. The molecular formula is C19H23N5O4. The number of hydrogen-bond donors (Lipinski definition) is 2. The third-order valence-corrected chi connectivity index (χ3v) is 5.66. The standard InChI is InChI=1S/C19H23N5O4/c25-16-5-4-15(22-23-16)17(26)24-9-13-10-28-12-19(13,11-24)18(27)21-8-6-14-3-1-2-7-20-14/h1-3,7,13H,4-6,8-12H2,(H,21,27)(H,23,25)/t13-,19-/m0/s1. The lowest BCUT2D eigenvalue weighted by molar-refractivity contribution is -0.132. The van der Waals surface area contributed by atoms with Gasteiger partial charge in [0.1, 0.15) is 5.71 Å². The Morgan fingerprint density at radius 1 is 1.36 bits per heavy atom. The fourth-order valence-electron chi connectivity index (χ4n) is 4.05. The Balaban J connectivity index is 1.39. The molecule has 3 aliphatic heterocycles. The topological polar surface area (TPSA) is 113 Å². The predicted molar refractivity (Wildman–Crippen MR) is 99.1 cm³/mol. The van der Waals surface area contributed by atoms with Crippen LogP contribution in [0.4, 0.5) is 0 Å². The van der Waals surface area contributed by atoms with Gasteiger partial charge in [0.05, 0.1) is 18.6 Å². The van der Waals surface area contributed by atoms with Crippen molar-refractivity contribution in [3.8, 4) is 0 Å². The minimum Gasteiger partial charge on any atom is -0.380 e. The largest absolute Gasteiger partial charge is 0.380 e. The van der Waals surface area contributed by atoms with E-state index in [1.165, 1.54) is 0 Å². The van der Waals surface area contributed by atoms with Crippen molar-refractivity contribution in [3.63, 3.8) is 0 Å². The van der Waals surface area contributed by atoms with Crippen LogP contribution in [0.1, 0.15) is 18.5 Å². The quantitative estimate of drug-likeness (QED) is 0.708. The van der Waals surface area contributed by atoms with Crippen LogP contribution in [0.25, 0.3) is 0 Å². The van der Waals surface area contributed by atoms with Gasteiger partial charge in [-0.05, 0) is 12.1 Å². The highest BCUT2D eigenvalue weighted by molar-refractivity contribution is 6.39. The molecule has 28 heavy (non-hydrogen) atoms. The lowest BCUT2D eigenvalue weighted by Gasteiger charge is -2.26. The number of hydrazone groups is 1. The Bertz CT molecular complexity index is 812. The summed E-state index contributed by atoms with van der Waals surface area (Å²) in [5, 5.41) is 6.88. The number of aromatic nitrogens is 1. The van der Waals surface area contributed by atoms with Gasteiger partial charge in [0.25, 0.3) is 5.91 Å². The number of rotatable bonds is 5. The fraction of sp³-hybridized carbons (Fsp3) is 0.526. The Morgan fingerprint density at radius 3 is 3.00 bits per heavy atom. The van der Waals surface area contributed by atoms with Crippen molar-refractivity contribution in [1.29, 1.82) is 0 Å². The summed E-state index contributed by atoms with van der Waals surface area (Å²) in [6.45, 7) is 2.01. The maximum atomic E-state index is 13.0. The summed E-state index contributed by atoms with van der Waals surface area (Å²) in [7, 11) is 0. The molecule has 0 radical (unpaired) electrons.